The van der Waals surface area contributed by atoms with Crippen LogP contribution in [0, 0.1) is 0 Å². The van der Waals surface area contributed by atoms with Crippen molar-refractivity contribution in [2.24, 2.45) is 0 Å². The molecule has 1 fully saturated rings. The fraction of sp³-hybridized carbons (Fsp3) is 0.556. The number of alkyl halides is 3. The first-order valence-corrected chi connectivity index (χ1v) is 8.45. The van der Waals surface area contributed by atoms with Crippen LogP contribution in [0.3, 0.4) is 0 Å². The molecular formula is C18H23F3N2O2. The molecule has 0 spiro atoms. The molecule has 2 rings (SSSR count). The molecule has 0 aliphatic carbocycles. The average Bonchev–Trinajstić information content (AvgIpc) is 2.60. The third-order valence-corrected chi connectivity index (χ3v) is 4.58. The minimum Gasteiger partial charge on any atom is -0.339 e. The van der Waals surface area contributed by atoms with Gasteiger partial charge in [-0.1, -0.05) is 26.0 Å². The van der Waals surface area contributed by atoms with Crippen LogP contribution >= 0.6 is 0 Å². The maximum Gasteiger partial charge on any atom is 0.416 e. The van der Waals surface area contributed by atoms with Gasteiger partial charge in [-0.15, -0.1) is 0 Å². The summed E-state index contributed by atoms with van der Waals surface area (Å²) in [5.41, 5.74) is 0.0210. The fourth-order valence-corrected chi connectivity index (χ4v) is 2.94. The second-order valence-corrected chi connectivity index (χ2v) is 6.34. The number of carbonyl (C=O) groups is 2. The molecule has 0 radical (unpaired) electrons. The van der Waals surface area contributed by atoms with Crippen LogP contribution in [0.5, 0.6) is 0 Å². The van der Waals surface area contributed by atoms with Crippen LogP contribution < -0.4 is 0 Å². The van der Waals surface area contributed by atoms with Crippen molar-refractivity contribution in [3.05, 3.63) is 35.4 Å². The number of carbonyl (C=O) groups excluding carboxylic acids is 2. The summed E-state index contributed by atoms with van der Waals surface area (Å²) in [6, 6.07) is 4.95. The molecular weight excluding hydrogens is 333 g/mol. The van der Waals surface area contributed by atoms with E-state index in [0.717, 1.165) is 12.1 Å². The van der Waals surface area contributed by atoms with E-state index >= 15 is 0 Å². The molecule has 138 valence electrons. The van der Waals surface area contributed by atoms with Crippen molar-refractivity contribution < 1.29 is 22.8 Å². The molecule has 0 saturated carbocycles. The van der Waals surface area contributed by atoms with Gasteiger partial charge >= 0.3 is 6.18 Å². The monoisotopic (exact) mass is 356 g/mol. The molecule has 1 saturated heterocycles. The van der Waals surface area contributed by atoms with Crippen LogP contribution in [-0.4, -0.2) is 47.8 Å². The van der Waals surface area contributed by atoms with Gasteiger partial charge in [-0.2, -0.15) is 13.2 Å². The van der Waals surface area contributed by atoms with Crippen molar-refractivity contribution in [1.82, 2.24) is 9.80 Å². The Hall–Kier alpha value is -2.05. The Morgan fingerprint density at radius 3 is 1.92 bits per heavy atom. The fourth-order valence-electron chi connectivity index (χ4n) is 2.94. The predicted molar refractivity (Wildman–Crippen MR) is 87.9 cm³/mol. The van der Waals surface area contributed by atoms with Gasteiger partial charge in [0.2, 0.25) is 11.8 Å². The summed E-state index contributed by atoms with van der Waals surface area (Å²) < 4.78 is 37.8. The zero-order chi connectivity index (χ0) is 18.6. The predicted octanol–water partition coefficient (Wildman–Crippen LogP) is 3.28. The highest BCUT2D eigenvalue weighted by atomic mass is 19.4. The molecule has 7 heteroatoms. The lowest BCUT2D eigenvalue weighted by molar-refractivity contribution is -0.139. The molecule has 1 unspecified atom stereocenters. The van der Waals surface area contributed by atoms with Gasteiger partial charge in [-0.05, 0) is 23.6 Å². The lowest BCUT2D eigenvalue weighted by atomic mass is 9.96. The standard InChI is InChI=1S/C18H23F3N2O2/c1-3-16(24)22-8-10-23(11-9-22)17(25)12-13(2)14-4-6-15(7-5-14)18(19,20)21/h4-7,13H,3,8-12H2,1-2H3. The SMILES string of the molecule is CCC(=O)N1CCN(C(=O)CC(C)c2ccc(C(F)(F)F)cc2)CC1. The smallest absolute Gasteiger partial charge is 0.339 e. The summed E-state index contributed by atoms with van der Waals surface area (Å²) in [5.74, 6) is -0.105. The molecule has 2 amide bonds. The van der Waals surface area contributed by atoms with Gasteiger partial charge in [0.1, 0.15) is 0 Å². The second-order valence-electron chi connectivity index (χ2n) is 6.34. The molecule has 1 aliphatic heterocycles. The first kappa shape index (κ1) is 19.3. The Bertz CT molecular complexity index is 606. The average molecular weight is 356 g/mol. The lowest BCUT2D eigenvalue weighted by Gasteiger charge is -2.35. The number of nitrogens with zero attached hydrogens (tertiary/aromatic N) is 2. The van der Waals surface area contributed by atoms with Crippen LogP contribution in [0.2, 0.25) is 0 Å². The number of hydrogen-bond donors (Lipinski definition) is 0. The Kier molecular flexibility index (Phi) is 6.08. The number of halogens is 3. The van der Waals surface area contributed by atoms with Crippen LogP contribution in [0.15, 0.2) is 24.3 Å². The van der Waals surface area contributed by atoms with Gasteiger partial charge in [0.15, 0.2) is 0 Å². The third-order valence-electron chi connectivity index (χ3n) is 4.58. The normalized spacial score (nSPS) is 16.7. The number of benzene rings is 1. The van der Waals surface area contributed by atoms with E-state index in [4.69, 9.17) is 0 Å². The summed E-state index contributed by atoms with van der Waals surface area (Å²) in [6.07, 6.45) is -3.65. The summed E-state index contributed by atoms with van der Waals surface area (Å²) in [6.45, 7) is 5.72. The van der Waals surface area contributed by atoms with E-state index in [-0.39, 0.29) is 24.2 Å². The first-order chi connectivity index (χ1) is 11.7. The molecule has 0 aromatic heterocycles. The van der Waals surface area contributed by atoms with Gasteiger partial charge in [0.05, 0.1) is 5.56 Å². The van der Waals surface area contributed by atoms with Crippen molar-refractivity contribution in [3.8, 4) is 0 Å². The van der Waals surface area contributed by atoms with Crippen LogP contribution in [-0.2, 0) is 15.8 Å². The summed E-state index contributed by atoms with van der Waals surface area (Å²) in [4.78, 5) is 27.5. The van der Waals surface area contributed by atoms with Crippen molar-refractivity contribution in [3.63, 3.8) is 0 Å². The highest BCUT2D eigenvalue weighted by molar-refractivity contribution is 5.78. The Labute approximate surface area is 145 Å². The molecule has 0 N–H and O–H groups in total. The molecule has 1 atom stereocenters. The van der Waals surface area contributed by atoms with Crippen LogP contribution in [0.4, 0.5) is 13.2 Å². The van der Waals surface area contributed by atoms with E-state index < -0.39 is 11.7 Å². The Balaban J connectivity index is 1.89. The molecule has 25 heavy (non-hydrogen) atoms. The quantitative estimate of drug-likeness (QED) is 0.831. The van der Waals surface area contributed by atoms with Gasteiger partial charge in [-0.3, -0.25) is 9.59 Å². The Morgan fingerprint density at radius 1 is 1.00 bits per heavy atom. The van der Waals surface area contributed by atoms with E-state index in [9.17, 15) is 22.8 Å². The maximum absolute atomic E-state index is 12.6. The maximum atomic E-state index is 12.6. The second kappa shape index (κ2) is 7.89. The van der Waals surface area contributed by atoms with Gasteiger partial charge < -0.3 is 9.80 Å². The van der Waals surface area contributed by atoms with Crippen molar-refractivity contribution in [1.29, 1.82) is 0 Å². The van der Waals surface area contributed by atoms with Crippen LogP contribution in [0.25, 0.3) is 0 Å². The van der Waals surface area contributed by atoms with Crippen molar-refractivity contribution in [2.45, 2.75) is 38.8 Å². The number of amides is 2. The minimum absolute atomic E-state index is 0.0315. The molecule has 1 aromatic carbocycles. The van der Waals surface area contributed by atoms with Gasteiger partial charge in [-0.25, -0.2) is 0 Å². The molecule has 1 heterocycles. The van der Waals surface area contributed by atoms with E-state index in [1.165, 1.54) is 12.1 Å². The molecule has 4 nitrogen and oxygen atoms in total. The summed E-state index contributed by atoms with van der Waals surface area (Å²) >= 11 is 0. The lowest BCUT2D eigenvalue weighted by Crippen LogP contribution is -2.50. The molecule has 1 aromatic rings. The Morgan fingerprint density at radius 2 is 1.48 bits per heavy atom. The van der Waals surface area contributed by atoms with Crippen molar-refractivity contribution in [2.75, 3.05) is 26.2 Å². The molecule has 0 bridgehead atoms. The highest BCUT2D eigenvalue weighted by Crippen LogP contribution is 2.30. The zero-order valence-electron chi connectivity index (χ0n) is 14.5. The topological polar surface area (TPSA) is 40.6 Å². The number of rotatable bonds is 4. The van der Waals surface area contributed by atoms with E-state index in [2.05, 4.69) is 0 Å². The third kappa shape index (κ3) is 4.96. The zero-order valence-corrected chi connectivity index (χ0v) is 14.5. The first-order valence-electron chi connectivity index (χ1n) is 8.45. The van der Waals surface area contributed by atoms with E-state index in [0.29, 0.717) is 38.2 Å². The van der Waals surface area contributed by atoms with Gasteiger partial charge in [0.25, 0.3) is 0 Å². The summed E-state index contributed by atoms with van der Waals surface area (Å²) in [7, 11) is 0. The van der Waals surface area contributed by atoms with Crippen LogP contribution in [0.1, 0.15) is 43.7 Å². The summed E-state index contributed by atoms with van der Waals surface area (Å²) in [5, 5.41) is 0. The minimum atomic E-state index is -4.35. The van der Waals surface area contributed by atoms with Crippen molar-refractivity contribution >= 4 is 11.8 Å². The number of hydrogen-bond acceptors (Lipinski definition) is 2. The highest BCUT2D eigenvalue weighted by Gasteiger charge is 2.30. The van der Waals surface area contributed by atoms with E-state index in [1.807, 2.05) is 13.8 Å². The molecule has 1 aliphatic rings. The number of piperazine rings is 1. The van der Waals surface area contributed by atoms with E-state index in [1.54, 1.807) is 9.80 Å². The largest absolute Gasteiger partial charge is 0.416 e. The van der Waals surface area contributed by atoms with Gasteiger partial charge in [0, 0.05) is 39.0 Å².